The zero-order valence-electron chi connectivity index (χ0n) is 15.6. The van der Waals surface area contributed by atoms with Crippen LogP contribution in [0.3, 0.4) is 0 Å². The van der Waals surface area contributed by atoms with Crippen LogP contribution in [0.2, 0.25) is 0 Å². The number of thioether (sulfide) groups is 1. The molecular formula is C19H25NO6S. The monoisotopic (exact) mass is 395 g/mol. The van der Waals surface area contributed by atoms with E-state index in [-0.39, 0.29) is 24.2 Å². The molecule has 0 aliphatic carbocycles. The molecule has 1 fully saturated rings. The molecule has 1 aromatic rings. The summed E-state index contributed by atoms with van der Waals surface area (Å²) < 4.78 is 10.9. The summed E-state index contributed by atoms with van der Waals surface area (Å²) in [7, 11) is 1.51. The molecule has 148 valence electrons. The fourth-order valence-electron chi connectivity index (χ4n) is 2.91. The molecule has 1 unspecified atom stereocenters. The Bertz CT molecular complexity index is 693. The van der Waals surface area contributed by atoms with Gasteiger partial charge in [-0.25, -0.2) is 0 Å². The largest absolute Gasteiger partial charge is 0.493 e. The third-order valence-electron chi connectivity index (χ3n) is 4.32. The first-order valence-electron chi connectivity index (χ1n) is 8.83. The van der Waals surface area contributed by atoms with Crippen LogP contribution < -0.4 is 9.47 Å². The second kappa shape index (κ2) is 10.2. The first-order chi connectivity index (χ1) is 12.9. The predicted molar refractivity (Wildman–Crippen MR) is 103 cm³/mol. The van der Waals surface area contributed by atoms with Gasteiger partial charge in [0.1, 0.15) is 0 Å². The van der Waals surface area contributed by atoms with Gasteiger partial charge in [0, 0.05) is 30.0 Å². The Kier molecular flexibility index (Phi) is 7.97. The lowest BCUT2D eigenvalue weighted by Gasteiger charge is -2.34. The van der Waals surface area contributed by atoms with Crippen molar-refractivity contribution < 1.29 is 29.0 Å². The number of amides is 1. The number of ketones is 1. The van der Waals surface area contributed by atoms with Crippen molar-refractivity contribution in [2.45, 2.75) is 32.2 Å². The van der Waals surface area contributed by atoms with E-state index in [0.717, 1.165) is 5.75 Å². The number of hydrogen-bond donors (Lipinski definition) is 1. The quantitative estimate of drug-likeness (QED) is 0.507. The summed E-state index contributed by atoms with van der Waals surface area (Å²) in [6, 6.07) is 4.74. The number of ether oxygens (including phenoxy) is 2. The van der Waals surface area contributed by atoms with Gasteiger partial charge in [0.25, 0.3) is 0 Å². The molecule has 2 rings (SSSR count). The second-order valence-electron chi connectivity index (χ2n) is 6.29. The highest BCUT2D eigenvalue weighted by Gasteiger charge is 2.28. The summed E-state index contributed by atoms with van der Waals surface area (Å²) in [6.07, 6.45) is 0.795. The Balaban J connectivity index is 1.84. The van der Waals surface area contributed by atoms with Crippen LogP contribution in [0.25, 0.3) is 0 Å². The number of benzene rings is 1. The summed E-state index contributed by atoms with van der Waals surface area (Å²) in [5.41, 5.74) is 0.543. The van der Waals surface area contributed by atoms with Crippen molar-refractivity contribution in [1.82, 2.24) is 4.90 Å². The van der Waals surface area contributed by atoms with Crippen LogP contribution >= 0.6 is 11.8 Å². The number of carbonyl (C=O) groups is 3. The normalized spacial score (nSPS) is 16.7. The molecule has 27 heavy (non-hydrogen) atoms. The van der Waals surface area contributed by atoms with E-state index < -0.39 is 5.97 Å². The first kappa shape index (κ1) is 21.1. The molecule has 7 nitrogen and oxygen atoms in total. The van der Waals surface area contributed by atoms with Gasteiger partial charge in [-0.3, -0.25) is 14.4 Å². The minimum Gasteiger partial charge on any atom is -0.493 e. The highest BCUT2D eigenvalue weighted by atomic mass is 32.2. The molecule has 0 spiro atoms. The maximum absolute atomic E-state index is 12.5. The molecular weight excluding hydrogens is 370 g/mol. The average molecular weight is 395 g/mol. The lowest BCUT2D eigenvalue weighted by molar-refractivity contribution is -0.140. The Morgan fingerprint density at radius 3 is 2.74 bits per heavy atom. The zero-order valence-corrected chi connectivity index (χ0v) is 16.4. The Labute approximate surface area is 163 Å². The number of carboxylic acids is 1. The number of Topliss-reactive ketones (excluding diaryl/α,β-unsaturated/α-hetero) is 1. The SMILES string of the molecule is COc1cc(C(C)=O)ccc1OCCCC(=O)N1CCSCC1CC(=O)O. The van der Waals surface area contributed by atoms with Crippen molar-refractivity contribution in [3.05, 3.63) is 23.8 Å². The van der Waals surface area contributed by atoms with Crippen molar-refractivity contribution in [2.24, 2.45) is 0 Å². The molecule has 1 aromatic carbocycles. The van der Waals surface area contributed by atoms with Crippen molar-refractivity contribution in [3.63, 3.8) is 0 Å². The lowest BCUT2D eigenvalue weighted by Crippen LogP contribution is -2.47. The van der Waals surface area contributed by atoms with Gasteiger partial charge in [0.05, 0.1) is 26.2 Å². The molecule has 1 amide bonds. The minimum absolute atomic E-state index is 0.0189. The van der Waals surface area contributed by atoms with Crippen LogP contribution in [-0.4, -0.2) is 65.5 Å². The number of carboxylic acid groups (broad SMARTS) is 1. The van der Waals surface area contributed by atoms with Gasteiger partial charge >= 0.3 is 5.97 Å². The number of carbonyl (C=O) groups excluding carboxylic acids is 2. The molecule has 1 aliphatic rings. The standard InChI is InChI=1S/C19H25NO6S/c1-13(21)14-5-6-16(17(10-14)25-2)26-8-3-4-18(22)20-7-9-27-12-15(20)11-19(23)24/h5-6,10,15H,3-4,7-9,11-12H2,1-2H3,(H,23,24). The van der Waals surface area contributed by atoms with Gasteiger partial charge in [-0.1, -0.05) is 0 Å². The number of hydrogen-bond acceptors (Lipinski definition) is 6. The molecule has 0 saturated carbocycles. The molecule has 0 bridgehead atoms. The van der Waals surface area contributed by atoms with E-state index in [1.165, 1.54) is 14.0 Å². The fourth-order valence-corrected chi connectivity index (χ4v) is 3.97. The highest BCUT2D eigenvalue weighted by Crippen LogP contribution is 2.28. The fraction of sp³-hybridized carbons (Fsp3) is 0.526. The highest BCUT2D eigenvalue weighted by molar-refractivity contribution is 7.99. The smallest absolute Gasteiger partial charge is 0.305 e. The van der Waals surface area contributed by atoms with Gasteiger partial charge in [-0.05, 0) is 31.5 Å². The van der Waals surface area contributed by atoms with Crippen LogP contribution in [-0.2, 0) is 9.59 Å². The molecule has 1 atom stereocenters. The van der Waals surface area contributed by atoms with E-state index in [1.807, 2.05) is 0 Å². The van der Waals surface area contributed by atoms with Crippen molar-refractivity contribution in [1.29, 1.82) is 0 Å². The van der Waals surface area contributed by atoms with Gasteiger partial charge in [0.15, 0.2) is 17.3 Å². The maximum atomic E-state index is 12.5. The third kappa shape index (κ3) is 6.16. The third-order valence-corrected chi connectivity index (χ3v) is 5.41. The second-order valence-corrected chi connectivity index (χ2v) is 7.44. The van der Waals surface area contributed by atoms with E-state index in [4.69, 9.17) is 14.6 Å². The topological polar surface area (TPSA) is 93.1 Å². The van der Waals surface area contributed by atoms with Crippen LogP contribution in [0.5, 0.6) is 11.5 Å². The Morgan fingerprint density at radius 1 is 1.30 bits per heavy atom. The van der Waals surface area contributed by atoms with Crippen molar-refractivity contribution >= 4 is 29.4 Å². The van der Waals surface area contributed by atoms with Crippen LogP contribution in [0.15, 0.2) is 18.2 Å². The van der Waals surface area contributed by atoms with Gasteiger partial charge in [0.2, 0.25) is 5.91 Å². The first-order valence-corrected chi connectivity index (χ1v) is 9.98. The van der Waals surface area contributed by atoms with E-state index in [9.17, 15) is 14.4 Å². The number of rotatable bonds is 9. The molecule has 0 radical (unpaired) electrons. The van der Waals surface area contributed by atoms with Crippen molar-refractivity contribution in [2.75, 3.05) is 31.8 Å². The molecule has 1 N–H and O–H groups in total. The average Bonchev–Trinajstić information content (AvgIpc) is 2.64. The van der Waals surface area contributed by atoms with E-state index in [1.54, 1.807) is 34.9 Å². The molecule has 0 aromatic heterocycles. The summed E-state index contributed by atoms with van der Waals surface area (Å²) in [5, 5.41) is 9.01. The Morgan fingerprint density at radius 2 is 2.07 bits per heavy atom. The zero-order chi connectivity index (χ0) is 19.8. The van der Waals surface area contributed by atoms with Crippen LogP contribution in [0.1, 0.15) is 36.5 Å². The molecule has 1 saturated heterocycles. The molecule has 8 heteroatoms. The summed E-state index contributed by atoms with van der Waals surface area (Å²) in [5.74, 6) is 1.51. The van der Waals surface area contributed by atoms with E-state index in [0.29, 0.717) is 48.8 Å². The summed E-state index contributed by atoms with van der Waals surface area (Å²) in [4.78, 5) is 36.5. The summed E-state index contributed by atoms with van der Waals surface area (Å²) in [6.45, 7) is 2.40. The van der Waals surface area contributed by atoms with Crippen LogP contribution in [0, 0.1) is 0 Å². The molecule has 1 heterocycles. The van der Waals surface area contributed by atoms with E-state index in [2.05, 4.69) is 0 Å². The van der Waals surface area contributed by atoms with E-state index >= 15 is 0 Å². The van der Waals surface area contributed by atoms with Gasteiger partial charge in [-0.2, -0.15) is 11.8 Å². The molecule has 1 aliphatic heterocycles. The predicted octanol–water partition coefficient (Wildman–Crippen LogP) is 2.48. The lowest BCUT2D eigenvalue weighted by atomic mass is 10.1. The van der Waals surface area contributed by atoms with Gasteiger partial charge < -0.3 is 19.5 Å². The minimum atomic E-state index is -0.885. The van der Waals surface area contributed by atoms with Crippen molar-refractivity contribution in [3.8, 4) is 11.5 Å². The number of methoxy groups -OCH3 is 1. The van der Waals surface area contributed by atoms with Gasteiger partial charge in [-0.15, -0.1) is 0 Å². The number of nitrogens with zero attached hydrogens (tertiary/aromatic N) is 1. The Hall–Kier alpha value is -2.22. The number of aliphatic carboxylic acids is 1. The van der Waals surface area contributed by atoms with Crippen LogP contribution in [0.4, 0.5) is 0 Å². The summed E-state index contributed by atoms with van der Waals surface area (Å²) >= 11 is 1.68. The maximum Gasteiger partial charge on any atom is 0.305 e.